The molecule has 3 aromatic rings. The van der Waals surface area contributed by atoms with Crippen molar-refractivity contribution in [2.75, 3.05) is 4.72 Å². The molecule has 0 aliphatic heterocycles. The highest BCUT2D eigenvalue weighted by Gasteiger charge is 2.30. The average molecular weight is 530 g/mol. The maximum atomic E-state index is 13.4. The van der Waals surface area contributed by atoms with E-state index in [1.807, 2.05) is 32.9 Å². The SMILES string of the molecule is CC(C)(C)c1cc(-c2ccc(C(F)(F)F)cc2)ccc1NS(=O)(=O)c1ccc2c(c1)CCC(CC=O)C2. The summed E-state index contributed by atoms with van der Waals surface area (Å²) in [5.41, 5.74) is 3.35. The number of aryl methyl sites for hydroxylation is 1. The molecule has 0 fully saturated rings. The minimum Gasteiger partial charge on any atom is -0.303 e. The highest BCUT2D eigenvalue weighted by Crippen LogP contribution is 2.37. The van der Waals surface area contributed by atoms with Crippen LogP contribution < -0.4 is 4.72 Å². The maximum Gasteiger partial charge on any atom is 0.416 e. The zero-order valence-corrected chi connectivity index (χ0v) is 21.8. The minimum atomic E-state index is -4.41. The van der Waals surface area contributed by atoms with E-state index >= 15 is 0 Å². The van der Waals surface area contributed by atoms with Crippen molar-refractivity contribution in [3.8, 4) is 11.1 Å². The number of nitrogens with one attached hydrogen (secondary N) is 1. The molecule has 1 N–H and O–H groups in total. The van der Waals surface area contributed by atoms with Gasteiger partial charge in [-0.3, -0.25) is 4.72 Å². The van der Waals surface area contributed by atoms with Gasteiger partial charge in [0.15, 0.2) is 0 Å². The summed E-state index contributed by atoms with van der Waals surface area (Å²) in [5.74, 6) is 0.295. The Labute approximate surface area is 216 Å². The van der Waals surface area contributed by atoms with Crippen molar-refractivity contribution in [3.63, 3.8) is 0 Å². The van der Waals surface area contributed by atoms with E-state index in [0.29, 0.717) is 29.2 Å². The fraction of sp³-hybridized carbons (Fsp3) is 0.345. The lowest BCUT2D eigenvalue weighted by atomic mass is 9.82. The lowest BCUT2D eigenvalue weighted by molar-refractivity contribution is -0.137. The van der Waals surface area contributed by atoms with Crippen LogP contribution in [0.3, 0.4) is 0 Å². The van der Waals surface area contributed by atoms with E-state index in [0.717, 1.165) is 54.4 Å². The highest BCUT2D eigenvalue weighted by molar-refractivity contribution is 7.92. The summed E-state index contributed by atoms with van der Waals surface area (Å²) in [4.78, 5) is 11.0. The molecule has 0 aromatic heterocycles. The number of fused-ring (bicyclic) bond motifs is 1. The molecule has 0 spiro atoms. The van der Waals surface area contributed by atoms with E-state index in [1.54, 1.807) is 24.3 Å². The van der Waals surface area contributed by atoms with Gasteiger partial charge in [0.1, 0.15) is 6.29 Å². The number of aldehydes is 1. The topological polar surface area (TPSA) is 63.2 Å². The number of rotatable bonds is 6. The van der Waals surface area contributed by atoms with Crippen LogP contribution in [-0.4, -0.2) is 14.7 Å². The molecule has 4 rings (SSSR count). The fourth-order valence-corrected chi connectivity index (χ4v) is 5.93. The Morgan fingerprint density at radius 2 is 1.59 bits per heavy atom. The molecular formula is C29H30F3NO3S. The van der Waals surface area contributed by atoms with Gasteiger partial charge in [-0.2, -0.15) is 13.2 Å². The average Bonchev–Trinajstić information content (AvgIpc) is 2.83. The zero-order valence-electron chi connectivity index (χ0n) is 21.0. The number of halogens is 3. The monoisotopic (exact) mass is 529 g/mol. The first-order valence-corrected chi connectivity index (χ1v) is 13.7. The molecule has 1 aliphatic rings. The molecule has 3 aromatic carbocycles. The van der Waals surface area contributed by atoms with Gasteiger partial charge in [-0.15, -0.1) is 0 Å². The number of benzene rings is 3. The van der Waals surface area contributed by atoms with E-state index in [-0.39, 0.29) is 4.90 Å². The van der Waals surface area contributed by atoms with Crippen LogP contribution in [0.2, 0.25) is 0 Å². The minimum absolute atomic E-state index is 0.173. The lowest BCUT2D eigenvalue weighted by Crippen LogP contribution is -2.20. The third-order valence-electron chi connectivity index (χ3n) is 6.87. The number of alkyl halides is 3. The zero-order chi connectivity index (χ0) is 27.0. The first kappa shape index (κ1) is 26.9. The van der Waals surface area contributed by atoms with Crippen molar-refractivity contribution in [2.45, 2.75) is 62.9 Å². The van der Waals surface area contributed by atoms with Gasteiger partial charge in [-0.1, -0.05) is 45.0 Å². The molecule has 0 heterocycles. The molecule has 37 heavy (non-hydrogen) atoms. The van der Waals surface area contributed by atoms with Crippen LogP contribution in [0.1, 0.15) is 55.9 Å². The Balaban J connectivity index is 1.64. The van der Waals surface area contributed by atoms with Crippen molar-refractivity contribution in [2.24, 2.45) is 5.92 Å². The predicted molar refractivity (Wildman–Crippen MR) is 139 cm³/mol. The number of anilines is 1. The number of carbonyl (C=O) groups excluding carboxylic acids is 1. The Morgan fingerprint density at radius 3 is 2.22 bits per heavy atom. The molecule has 0 saturated heterocycles. The summed E-state index contributed by atoms with van der Waals surface area (Å²) >= 11 is 0. The standard InChI is InChI=1S/C29H30F3NO3S/c1-28(2,3)26-18-23(20-6-10-24(11-7-20)29(30,31)32)9-13-27(26)33-37(35,36)25-12-8-21-16-19(14-15-34)4-5-22(21)17-25/h6-13,15,17-19,33H,4-5,14,16H2,1-3H3. The molecule has 0 amide bonds. The predicted octanol–water partition coefficient (Wildman–Crippen LogP) is 7.16. The van der Waals surface area contributed by atoms with Crippen molar-refractivity contribution >= 4 is 22.0 Å². The van der Waals surface area contributed by atoms with Crippen LogP contribution in [0, 0.1) is 5.92 Å². The quantitative estimate of drug-likeness (QED) is 0.345. The summed E-state index contributed by atoms with van der Waals surface area (Å²) in [6.45, 7) is 5.85. The van der Waals surface area contributed by atoms with Crippen LogP contribution in [0.15, 0.2) is 65.6 Å². The fourth-order valence-electron chi connectivity index (χ4n) is 4.80. The van der Waals surface area contributed by atoms with Gasteiger partial charge in [0.05, 0.1) is 16.1 Å². The third kappa shape index (κ3) is 6.06. The van der Waals surface area contributed by atoms with Crippen molar-refractivity contribution in [1.82, 2.24) is 0 Å². The number of hydrogen-bond acceptors (Lipinski definition) is 3. The molecule has 4 nitrogen and oxygen atoms in total. The molecular weight excluding hydrogens is 499 g/mol. The lowest BCUT2D eigenvalue weighted by Gasteiger charge is -2.25. The smallest absolute Gasteiger partial charge is 0.303 e. The normalized spacial score (nSPS) is 16.2. The number of hydrogen-bond donors (Lipinski definition) is 1. The van der Waals surface area contributed by atoms with Crippen LogP contribution in [0.4, 0.5) is 18.9 Å². The van der Waals surface area contributed by atoms with Crippen LogP contribution >= 0.6 is 0 Å². The van der Waals surface area contributed by atoms with E-state index in [9.17, 15) is 26.4 Å². The van der Waals surface area contributed by atoms with E-state index in [1.165, 1.54) is 12.1 Å². The Bertz CT molecular complexity index is 1410. The van der Waals surface area contributed by atoms with Gasteiger partial charge in [-0.25, -0.2) is 8.42 Å². The third-order valence-corrected chi connectivity index (χ3v) is 8.23. The van der Waals surface area contributed by atoms with Crippen molar-refractivity contribution in [1.29, 1.82) is 0 Å². The highest BCUT2D eigenvalue weighted by atomic mass is 32.2. The van der Waals surface area contributed by atoms with Gasteiger partial charge in [0.2, 0.25) is 0 Å². The van der Waals surface area contributed by atoms with Crippen LogP contribution in [-0.2, 0) is 39.3 Å². The van der Waals surface area contributed by atoms with Crippen LogP contribution in [0.25, 0.3) is 11.1 Å². The van der Waals surface area contributed by atoms with Gasteiger partial charge in [0, 0.05) is 6.42 Å². The molecule has 1 unspecified atom stereocenters. The van der Waals surface area contributed by atoms with Crippen LogP contribution in [0.5, 0.6) is 0 Å². The molecule has 1 aliphatic carbocycles. The molecule has 8 heteroatoms. The summed E-state index contributed by atoms with van der Waals surface area (Å²) in [7, 11) is -3.88. The second kappa shape index (κ2) is 9.97. The molecule has 1 atom stereocenters. The molecule has 196 valence electrons. The van der Waals surface area contributed by atoms with Gasteiger partial charge in [-0.05, 0) is 94.8 Å². The van der Waals surface area contributed by atoms with Crippen molar-refractivity contribution < 1.29 is 26.4 Å². The first-order valence-electron chi connectivity index (χ1n) is 12.2. The second-order valence-corrected chi connectivity index (χ2v) is 12.3. The van der Waals surface area contributed by atoms with Gasteiger partial charge < -0.3 is 4.79 Å². The molecule has 0 bridgehead atoms. The molecule has 0 radical (unpaired) electrons. The largest absolute Gasteiger partial charge is 0.416 e. The Hall–Kier alpha value is -3.13. The van der Waals surface area contributed by atoms with E-state index in [4.69, 9.17) is 0 Å². The summed E-state index contributed by atoms with van der Waals surface area (Å²) in [6.07, 6.45) is -0.617. The Morgan fingerprint density at radius 1 is 0.919 bits per heavy atom. The summed E-state index contributed by atoms with van der Waals surface area (Å²) in [6, 6.07) is 15.2. The van der Waals surface area contributed by atoms with Gasteiger partial charge >= 0.3 is 6.18 Å². The summed E-state index contributed by atoms with van der Waals surface area (Å²) in [5, 5.41) is 0. The van der Waals surface area contributed by atoms with E-state index in [2.05, 4.69) is 4.72 Å². The second-order valence-electron chi connectivity index (χ2n) is 10.6. The van der Waals surface area contributed by atoms with Crippen molar-refractivity contribution in [3.05, 3.63) is 82.9 Å². The molecule has 0 saturated carbocycles. The Kier molecular flexibility index (Phi) is 7.25. The number of sulfonamides is 1. The van der Waals surface area contributed by atoms with Gasteiger partial charge in [0.25, 0.3) is 10.0 Å². The maximum absolute atomic E-state index is 13.4. The van der Waals surface area contributed by atoms with E-state index < -0.39 is 27.2 Å². The first-order chi connectivity index (χ1) is 17.3. The summed E-state index contributed by atoms with van der Waals surface area (Å²) < 4.78 is 68.3. The number of carbonyl (C=O) groups is 1.